The molecule has 4 rings (SSSR count). The molecule has 0 atom stereocenters. The lowest BCUT2D eigenvalue weighted by Gasteiger charge is -2.21. The first kappa shape index (κ1) is 15.8. The molecule has 1 aliphatic rings. The highest BCUT2D eigenvalue weighted by Crippen LogP contribution is 2.31. The summed E-state index contributed by atoms with van der Waals surface area (Å²) < 4.78 is 29.0. The second-order valence-electron chi connectivity index (χ2n) is 6.26. The van der Waals surface area contributed by atoms with E-state index < -0.39 is 10.0 Å². The molecule has 1 N–H and O–H groups in total. The first-order valence-corrected chi connectivity index (χ1v) is 9.65. The fourth-order valence-corrected chi connectivity index (χ4v) is 4.17. The summed E-state index contributed by atoms with van der Waals surface area (Å²) in [6.07, 6.45) is 1.35. The molecule has 1 heterocycles. The van der Waals surface area contributed by atoms with Crippen LogP contribution < -0.4 is 5.32 Å². The number of hydrogen-bond donors (Lipinski definition) is 1. The number of nitrogens with one attached hydrogen (secondary N) is 1. The summed E-state index contributed by atoms with van der Waals surface area (Å²) in [7, 11) is -3.70. The van der Waals surface area contributed by atoms with Crippen LogP contribution in [0.15, 0.2) is 70.0 Å². The molecule has 0 unspecified atom stereocenters. The Morgan fingerprint density at radius 1 is 0.920 bits per heavy atom. The molecule has 0 spiro atoms. The van der Waals surface area contributed by atoms with Crippen LogP contribution in [-0.2, 0) is 16.4 Å². The predicted octanol–water partition coefficient (Wildman–Crippen LogP) is 4.29. The molecule has 0 bridgehead atoms. The van der Waals surface area contributed by atoms with Gasteiger partial charge in [-0.05, 0) is 47.9 Å². The molecular weight excluding hydrogens is 332 g/mol. The van der Waals surface area contributed by atoms with Gasteiger partial charge in [-0.1, -0.05) is 48.0 Å². The molecule has 0 aliphatic carbocycles. The number of anilines is 1. The second kappa shape index (κ2) is 6.01. The molecule has 3 aromatic carbocycles. The number of benzene rings is 3. The average Bonchev–Trinajstić information content (AvgIpc) is 2.61. The Bertz CT molecular complexity index is 1080. The highest BCUT2D eigenvalue weighted by molar-refractivity contribution is 7.90. The third-order valence-electron chi connectivity index (χ3n) is 4.48. The van der Waals surface area contributed by atoms with Gasteiger partial charge in [0.2, 0.25) is 0 Å². The number of nitrogens with zero attached hydrogens (tertiary/aromatic N) is 1. The highest BCUT2D eigenvalue weighted by Gasteiger charge is 2.19. The van der Waals surface area contributed by atoms with Crippen molar-refractivity contribution in [3.05, 3.63) is 71.8 Å². The van der Waals surface area contributed by atoms with Gasteiger partial charge in [0.05, 0.1) is 4.90 Å². The van der Waals surface area contributed by atoms with Crippen LogP contribution in [0.2, 0.25) is 0 Å². The minimum atomic E-state index is -3.70. The SMILES string of the molecule is Cc1ccc(S(=O)(=O)N=C2CCc3c(ccc4ccccc34)N2)cc1. The summed E-state index contributed by atoms with van der Waals surface area (Å²) >= 11 is 0. The van der Waals surface area contributed by atoms with Gasteiger partial charge in [0, 0.05) is 12.1 Å². The van der Waals surface area contributed by atoms with E-state index in [0.29, 0.717) is 12.3 Å². The van der Waals surface area contributed by atoms with Gasteiger partial charge in [-0.15, -0.1) is 4.40 Å². The van der Waals surface area contributed by atoms with Gasteiger partial charge < -0.3 is 5.32 Å². The molecule has 126 valence electrons. The maximum absolute atomic E-state index is 12.5. The van der Waals surface area contributed by atoms with E-state index in [-0.39, 0.29) is 4.90 Å². The van der Waals surface area contributed by atoms with Gasteiger partial charge in [0.15, 0.2) is 0 Å². The van der Waals surface area contributed by atoms with Gasteiger partial charge in [0.1, 0.15) is 5.84 Å². The van der Waals surface area contributed by atoms with Crippen LogP contribution in [-0.4, -0.2) is 14.3 Å². The smallest absolute Gasteiger partial charge is 0.283 e. The lowest BCUT2D eigenvalue weighted by Crippen LogP contribution is -2.21. The molecule has 0 saturated carbocycles. The van der Waals surface area contributed by atoms with Crippen molar-refractivity contribution in [2.45, 2.75) is 24.7 Å². The summed E-state index contributed by atoms with van der Waals surface area (Å²) in [6.45, 7) is 1.92. The fraction of sp³-hybridized carbons (Fsp3) is 0.150. The number of rotatable bonds is 2. The molecule has 0 aromatic heterocycles. The van der Waals surface area contributed by atoms with Crippen LogP contribution in [0.1, 0.15) is 17.5 Å². The topological polar surface area (TPSA) is 58.5 Å². The minimum absolute atomic E-state index is 0.219. The molecule has 0 radical (unpaired) electrons. The zero-order valence-corrected chi connectivity index (χ0v) is 14.7. The van der Waals surface area contributed by atoms with Crippen molar-refractivity contribution >= 4 is 32.3 Å². The van der Waals surface area contributed by atoms with E-state index in [1.165, 1.54) is 16.3 Å². The molecule has 5 heteroatoms. The van der Waals surface area contributed by atoms with Crippen LogP contribution in [0.5, 0.6) is 0 Å². The summed E-state index contributed by atoms with van der Waals surface area (Å²) in [5, 5.41) is 5.59. The molecule has 3 aromatic rings. The van der Waals surface area contributed by atoms with Crippen LogP contribution in [0.3, 0.4) is 0 Å². The van der Waals surface area contributed by atoms with Crippen LogP contribution in [0.25, 0.3) is 10.8 Å². The third-order valence-corrected chi connectivity index (χ3v) is 5.81. The van der Waals surface area contributed by atoms with Crippen LogP contribution >= 0.6 is 0 Å². The molecular formula is C20H18N2O2S. The summed E-state index contributed by atoms with van der Waals surface area (Å²) in [4.78, 5) is 0.219. The summed E-state index contributed by atoms with van der Waals surface area (Å²) in [6, 6.07) is 19.0. The Kier molecular flexibility index (Phi) is 3.81. The van der Waals surface area contributed by atoms with Crippen molar-refractivity contribution < 1.29 is 8.42 Å². The maximum Gasteiger partial charge on any atom is 0.283 e. The number of fused-ring (bicyclic) bond motifs is 3. The van der Waals surface area contributed by atoms with E-state index in [2.05, 4.69) is 21.8 Å². The lowest BCUT2D eigenvalue weighted by atomic mass is 9.96. The number of aryl methyl sites for hydroxylation is 2. The average molecular weight is 350 g/mol. The van der Waals surface area contributed by atoms with Crippen molar-refractivity contribution in [2.24, 2.45) is 4.40 Å². The van der Waals surface area contributed by atoms with Gasteiger partial charge in [0.25, 0.3) is 10.0 Å². The van der Waals surface area contributed by atoms with E-state index in [0.717, 1.165) is 17.7 Å². The van der Waals surface area contributed by atoms with E-state index in [9.17, 15) is 8.42 Å². The Morgan fingerprint density at radius 3 is 2.48 bits per heavy atom. The van der Waals surface area contributed by atoms with Gasteiger partial charge in [-0.2, -0.15) is 8.42 Å². The van der Waals surface area contributed by atoms with Crippen molar-refractivity contribution in [1.82, 2.24) is 0 Å². The molecule has 0 saturated heterocycles. The van der Waals surface area contributed by atoms with E-state index in [1.807, 2.05) is 31.2 Å². The van der Waals surface area contributed by atoms with Crippen molar-refractivity contribution in [2.75, 3.05) is 5.32 Å². The summed E-state index contributed by atoms with van der Waals surface area (Å²) in [5.74, 6) is 0.489. The molecule has 0 amide bonds. The van der Waals surface area contributed by atoms with Crippen molar-refractivity contribution in [3.8, 4) is 0 Å². The first-order chi connectivity index (χ1) is 12.0. The van der Waals surface area contributed by atoms with Gasteiger partial charge in [-0.3, -0.25) is 0 Å². The van der Waals surface area contributed by atoms with Crippen LogP contribution in [0.4, 0.5) is 5.69 Å². The van der Waals surface area contributed by atoms with Gasteiger partial charge >= 0.3 is 0 Å². The number of amidine groups is 1. The zero-order chi connectivity index (χ0) is 17.4. The van der Waals surface area contributed by atoms with Gasteiger partial charge in [-0.25, -0.2) is 0 Å². The standard InChI is InChI=1S/C20H18N2O2S/c1-14-6-9-16(10-7-14)25(23,24)22-20-13-11-18-17-5-3-2-4-15(17)8-12-19(18)21-20/h2-10,12H,11,13H2,1H3,(H,21,22). The fourth-order valence-electron chi connectivity index (χ4n) is 3.16. The highest BCUT2D eigenvalue weighted by atomic mass is 32.2. The lowest BCUT2D eigenvalue weighted by molar-refractivity contribution is 0.598. The maximum atomic E-state index is 12.5. The monoisotopic (exact) mass is 350 g/mol. The minimum Gasteiger partial charge on any atom is -0.343 e. The van der Waals surface area contributed by atoms with E-state index >= 15 is 0 Å². The Balaban J connectivity index is 1.69. The predicted molar refractivity (Wildman–Crippen MR) is 102 cm³/mol. The summed E-state index contributed by atoms with van der Waals surface area (Å²) in [5.41, 5.74) is 3.16. The van der Waals surface area contributed by atoms with E-state index in [4.69, 9.17) is 0 Å². The largest absolute Gasteiger partial charge is 0.343 e. The molecule has 4 nitrogen and oxygen atoms in total. The number of sulfonamides is 1. The Morgan fingerprint density at radius 2 is 1.68 bits per heavy atom. The van der Waals surface area contributed by atoms with E-state index in [1.54, 1.807) is 24.3 Å². The second-order valence-corrected chi connectivity index (χ2v) is 7.87. The molecule has 1 aliphatic heterocycles. The first-order valence-electron chi connectivity index (χ1n) is 8.21. The molecule has 25 heavy (non-hydrogen) atoms. The van der Waals surface area contributed by atoms with Crippen LogP contribution in [0, 0.1) is 6.92 Å². The quantitative estimate of drug-likeness (QED) is 0.750. The number of hydrogen-bond acceptors (Lipinski definition) is 2. The normalized spacial score (nSPS) is 15.8. The van der Waals surface area contributed by atoms with Crippen molar-refractivity contribution in [1.29, 1.82) is 0 Å². The van der Waals surface area contributed by atoms with Crippen molar-refractivity contribution in [3.63, 3.8) is 0 Å². The Hall–Kier alpha value is -2.66. The third kappa shape index (κ3) is 3.03. The Labute approximate surface area is 147 Å². The molecule has 0 fully saturated rings. The zero-order valence-electron chi connectivity index (χ0n) is 13.9.